The van der Waals surface area contributed by atoms with Crippen LogP contribution in [0.15, 0.2) is 45.8 Å². The van der Waals surface area contributed by atoms with Crippen molar-refractivity contribution >= 4 is 11.6 Å². The molecule has 0 amide bonds. The Balaban J connectivity index is 1.66. The summed E-state index contributed by atoms with van der Waals surface area (Å²) in [5, 5.41) is 0.688. The van der Waals surface area contributed by atoms with Crippen LogP contribution in [0.2, 0.25) is 5.02 Å². The molecule has 0 aliphatic rings. The smallest absolute Gasteiger partial charge is 0.226 e. The van der Waals surface area contributed by atoms with E-state index in [1.54, 1.807) is 19.1 Å². The summed E-state index contributed by atoms with van der Waals surface area (Å²) in [6.45, 7) is 2.76. The summed E-state index contributed by atoms with van der Waals surface area (Å²) in [7, 11) is 0. The van der Waals surface area contributed by atoms with Gasteiger partial charge in [-0.25, -0.2) is 0 Å². The molecule has 1 aromatic carbocycles. The Labute approximate surface area is 128 Å². The van der Waals surface area contributed by atoms with Crippen molar-refractivity contribution in [3.8, 4) is 11.5 Å². The predicted octanol–water partition coefficient (Wildman–Crippen LogP) is 3.84. The fraction of sp³-hybridized carbons (Fsp3) is 0.312. The van der Waals surface area contributed by atoms with Gasteiger partial charge in [-0.3, -0.25) is 4.79 Å². The maximum atomic E-state index is 11.6. The number of halogens is 1. The Morgan fingerprint density at radius 2 is 1.71 bits per heavy atom. The van der Waals surface area contributed by atoms with Crippen molar-refractivity contribution in [2.75, 3.05) is 13.2 Å². The van der Waals surface area contributed by atoms with E-state index in [4.69, 9.17) is 25.5 Å². The molecular weight excluding hydrogens is 292 g/mol. The first-order valence-electron chi connectivity index (χ1n) is 6.76. The van der Waals surface area contributed by atoms with E-state index in [-0.39, 0.29) is 11.2 Å². The largest absolute Gasteiger partial charge is 0.494 e. The van der Waals surface area contributed by atoms with Crippen molar-refractivity contribution in [2.24, 2.45) is 0 Å². The van der Waals surface area contributed by atoms with Gasteiger partial charge in [-0.2, -0.15) is 0 Å². The van der Waals surface area contributed by atoms with Crippen molar-refractivity contribution in [1.29, 1.82) is 0 Å². The zero-order chi connectivity index (χ0) is 15.1. The molecule has 0 radical (unpaired) electrons. The van der Waals surface area contributed by atoms with Crippen LogP contribution in [0, 0.1) is 6.92 Å². The second-order valence-corrected chi connectivity index (χ2v) is 4.96. The van der Waals surface area contributed by atoms with E-state index >= 15 is 0 Å². The molecule has 4 nitrogen and oxygen atoms in total. The average molecular weight is 309 g/mol. The maximum absolute atomic E-state index is 11.6. The molecule has 5 heteroatoms. The third-order valence-electron chi connectivity index (χ3n) is 2.88. The van der Waals surface area contributed by atoms with Crippen LogP contribution in [0.4, 0.5) is 0 Å². The van der Waals surface area contributed by atoms with Crippen LogP contribution in [0.5, 0.6) is 11.5 Å². The summed E-state index contributed by atoms with van der Waals surface area (Å²) in [5.74, 6) is 1.58. The Morgan fingerprint density at radius 1 is 1.05 bits per heavy atom. The topological polar surface area (TPSA) is 48.7 Å². The second-order valence-electron chi connectivity index (χ2n) is 4.53. The highest BCUT2D eigenvalue weighted by atomic mass is 35.5. The van der Waals surface area contributed by atoms with Gasteiger partial charge < -0.3 is 13.9 Å². The van der Waals surface area contributed by atoms with Gasteiger partial charge in [0.1, 0.15) is 11.5 Å². The van der Waals surface area contributed by atoms with Crippen LogP contribution in [-0.4, -0.2) is 13.2 Å². The molecule has 1 heterocycles. The first-order valence-corrected chi connectivity index (χ1v) is 7.14. The van der Waals surface area contributed by atoms with E-state index in [9.17, 15) is 4.79 Å². The van der Waals surface area contributed by atoms with E-state index < -0.39 is 0 Å². The highest BCUT2D eigenvalue weighted by Gasteiger charge is 2.05. The van der Waals surface area contributed by atoms with Gasteiger partial charge in [0.05, 0.1) is 19.5 Å². The fourth-order valence-corrected chi connectivity index (χ4v) is 1.90. The lowest BCUT2D eigenvalue weighted by atomic mass is 10.3. The van der Waals surface area contributed by atoms with Gasteiger partial charge in [0.2, 0.25) is 11.2 Å². The molecule has 0 atom stereocenters. The monoisotopic (exact) mass is 308 g/mol. The molecule has 0 saturated heterocycles. The number of rotatable bonds is 7. The lowest BCUT2D eigenvalue weighted by Crippen LogP contribution is -2.10. The lowest BCUT2D eigenvalue weighted by Gasteiger charge is -2.08. The number of hydrogen-bond donors (Lipinski definition) is 0. The van der Waals surface area contributed by atoms with Gasteiger partial charge in [-0.05, 0) is 44.0 Å². The molecule has 0 bridgehead atoms. The highest BCUT2D eigenvalue weighted by Crippen LogP contribution is 2.16. The minimum atomic E-state index is -0.156. The van der Waals surface area contributed by atoms with Gasteiger partial charge in [-0.1, -0.05) is 11.6 Å². The molecule has 0 saturated carbocycles. The molecule has 1 aromatic heterocycles. The third-order valence-corrected chi connectivity index (χ3v) is 3.13. The summed E-state index contributed by atoms with van der Waals surface area (Å²) >= 11 is 5.79. The molecule has 0 spiro atoms. The molecule has 0 unspecified atom stereocenters. The number of unbranched alkanes of at least 4 members (excludes halogenated alkanes) is 1. The summed E-state index contributed by atoms with van der Waals surface area (Å²) in [6.07, 6.45) is 2.99. The molecule has 21 heavy (non-hydrogen) atoms. The van der Waals surface area contributed by atoms with Crippen molar-refractivity contribution in [3.63, 3.8) is 0 Å². The summed E-state index contributed by atoms with van der Waals surface area (Å²) in [4.78, 5) is 11.6. The standard InChI is InChI=1S/C16H17ClO4/c1-12-16(15(18)8-11-19-12)21-10-3-2-9-20-14-6-4-13(17)5-7-14/h4-8,11H,2-3,9-10H2,1H3. The molecule has 0 aliphatic heterocycles. The van der Waals surface area contributed by atoms with Crippen molar-refractivity contribution in [2.45, 2.75) is 19.8 Å². The van der Waals surface area contributed by atoms with Gasteiger partial charge in [-0.15, -0.1) is 0 Å². The molecule has 2 aromatic rings. The normalized spacial score (nSPS) is 10.4. The Kier molecular flexibility index (Phi) is 5.69. The van der Waals surface area contributed by atoms with Crippen LogP contribution in [0.25, 0.3) is 0 Å². The molecular formula is C16H17ClO4. The Bertz CT molecular complexity index is 619. The van der Waals surface area contributed by atoms with Crippen molar-refractivity contribution in [1.82, 2.24) is 0 Å². The molecule has 0 N–H and O–H groups in total. The first-order chi connectivity index (χ1) is 10.2. The van der Waals surface area contributed by atoms with E-state index in [1.165, 1.54) is 12.3 Å². The number of aryl methyl sites for hydroxylation is 1. The zero-order valence-electron chi connectivity index (χ0n) is 11.8. The summed E-state index contributed by atoms with van der Waals surface area (Å²) < 4.78 is 16.1. The van der Waals surface area contributed by atoms with Crippen LogP contribution >= 0.6 is 11.6 Å². The van der Waals surface area contributed by atoms with E-state index in [1.807, 2.05) is 12.1 Å². The Hall–Kier alpha value is -1.94. The summed E-state index contributed by atoms with van der Waals surface area (Å²) in [5.41, 5.74) is -0.156. The number of benzene rings is 1. The van der Waals surface area contributed by atoms with Gasteiger partial charge in [0.25, 0.3) is 0 Å². The van der Waals surface area contributed by atoms with E-state index in [0.29, 0.717) is 24.0 Å². The SMILES string of the molecule is Cc1occc(=O)c1OCCCCOc1ccc(Cl)cc1. The molecule has 2 rings (SSSR count). The van der Waals surface area contributed by atoms with Crippen molar-refractivity contribution < 1.29 is 13.9 Å². The van der Waals surface area contributed by atoms with Crippen LogP contribution in [-0.2, 0) is 0 Å². The lowest BCUT2D eigenvalue weighted by molar-refractivity contribution is 0.258. The number of ether oxygens (including phenoxy) is 2. The zero-order valence-corrected chi connectivity index (χ0v) is 12.6. The van der Waals surface area contributed by atoms with E-state index in [0.717, 1.165) is 18.6 Å². The predicted molar refractivity (Wildman–Crippen MR) is 81.4 cm³/mol. The fourth-order valence-electron chi connectivity index (χ4n) is 1.77. The van der Waals surface area contributed by atoms with Gasteiger partial charge in [0, 0.05) is 11.1 Å². The molecule has 112 valence electrons. The maximum Gasteiger partial charge on any atom is 0.226 e. The average Bonchev–Trinajstić information content (AvgIpc) is 2.47. The van der Waals surface area contributed by atoms with Crippen molar-refractivity contribution in [3.05, 3.63) is 57.6 Å². The van der Waals surface area contributed by atoms with Crippen LogP contribution in [0.3, 0.4) is 0 Å². The molecule has 0 aliphatic carbocycles. The number of hydrogen-bond acceptors (Lipinski definition) is 4. The van der Waals surface area contributed by atoms with E-state index in [2.05, 4.69) is 0 Å². The third kappa shape index (κ3) is 4.83. The van der Waals surface area contributed by atoms with Gasteiger partial charge >= 0.3 is 0 Å². The minimum Gasteiger partial charge on any atom is -0.494 e. The van der Waals surface area contributed by atoms with Crippen LogP contribution < -0.4 is 14.9 Å². The minimum absolute atomic E-state index is 0.156. The summed E-state index contributed by atoms with van der Waals surface area (Å²) in [6, 6.07) is 8.59. The highest BCUT2D eigenvalue weighted by molar-refractivity contribution is 6.30. The second kappa shape index (κ2) is 7.74. The quantitative estimate of drug-likeness (QED) is 0.729. The van der Waals surface area contributed by atoms with Crippen LogP contribution in [0.1, 0.15) is 18.6 Å². The van der Waals surface area contributed by atoms with Gasteiger partial charge in [0.15, 0.2) is 0 Å². The Morgan fingerprint density at radius 3 is 2.38 bits per heavy atom. The molecule has 0 fully saturated rings. The first kappa shape index (κ1) is 15.4.